The summed E-state index contributed by atoms with van der Waals surface area (Å²) in [5.74, 6) is 0.609. The molecule has 0 saturated heterocycles. The number of rotatable bonds is 3. The normalized spacial score (nSPS) is 14.5. The Balaban J connectivity index is 1.68. The van der Waals surface area contributed by atoms with Gasteiger partial charge in [0.1, 0.15) is 12.1 Å². The second-order valence-electron chi connectivity index (χ2n) is 5.99. The van der Waals surface area contributed by atoms with Crippen molar-refractivity contribution in [1.29, 1.82) is 0 Å². The zero-order valence-corrected chi connectivity index (χ0v) is 13.9. The van der Waals surface area contributed by atoms with E-state index >= 15 is 0 Å². The molecule has 0 unspecified atom stereocenters. The molecular weight excluding hydrogens is 317 g/mol. The molecule has 4 rings (SSSR count). The Labute approximate surface area is 145 Å². The number of ether oxygens (including phenoxy) is 1. The van der Waals surface area contributed by atoms with Gasteiger partial charge in [0, 0.05) is 24.5 Å². The lowest BCUT2D eigenvalue weighted by Crippen LogP contribution is -2.29. The number of nitrogens with zero attached hydrogens (tertiary/aromatic N) is 3. The maximum atomic E-state index is 13.9. The molecule has 25 heavy (non-hydrogen) atoms. The predicted octanol–water partition coefficient (Wildman–Crippen LogP) is 4.07. The first kappa shape index (κ1) is 15.6. The zero-order chi connectivity index (χ0) is 17.2. The summed E-state index contributed by atoms with van der Waals surface area (Å²) in [5, 5.41) is 0.803. The van der Waals surface area contributed by atoms with Crippen molar-refractivity contribution in [3.63, 3.8) is 0 Å². The van der Waals surface area contributed by atoms with Crippen molar-refractivity contribution < 1.29 is 9.13 Å². The van der Waals surface area contributed by atoms with E-state index in [2.05, 4.69) is 45.2 Å². The van der Waals surface area contributed by atoms with E-state index in [0.717, 1.165) is 30.7 Å². The first-order valence-electron chi connectivity index (χ1n) is 8.24. The standard InChI is InChI=1S/C20H18FN3O/c1-25-19-11-16-18(12-17(19)21)22-13-23-20(16)24-9-7-15(8-10-24)14-5-3-2-4-6-14/h2-7,11-13H,8-10H2,1H3. The van der Waals surface area contributed by atoms with Gasteiger partial charge in [0.2, 0.25) is 0 Å². The van der Waals surface area contributed by atoms with Gasteiger partial charge in [0.25, 0.3) is 0 Å². The Morgan fingerprint density at radius 1 is 1.12 bits per heavy atom. The SMILES string of the molecule is COc1cc2c(N3CC=C(c4ccccc4)CC3)ncnc2cc1F. The maximum absolute atomic E-state index is 13.9. The smallest absolute Gasteiger partial charge is 0.167 e. The minimum atomic E-state index is -0.412. The quantitative estimate of drug-likeness (QED) is 0.723. The number of hydrogen-bond acceptors (Lipinski definition) is 4. The number of fused-ring (bicyclic) bond motifs is 1. The van der Waals surface area contributed by atoms with Crippen molar-refractivity contribution in [2.45, 2.75) is 6.42 Å². The molecule has 2 aromatic carbocycles. The van der Waals surface area contributed by atoms with E-state index in [-0.39, 0.29) is 5.75 Å². The van der Waals surface area contributed by atoms with Crippen molar-refractivity contribution >= 4 is 22.3 Å². The highest BCUT2D eigenvalue weighted by Gasteiger charge is 2.18. The number of aromatic nitrogens is 2. The largest absolute Gasteiger partial charge is 0.494 e. The van der Waals surface area contributed by atoms with Crippen molar-refractivity contribution in [3.05, 3.63) is 66.2 Å². The van der Waals surface area contributed by atoms with Crippen molar-refractivity contribution in [2.75, 3.05) is 25.1 Å². The average molecular weight is 335 g/mol. The van der Waals surface area contributed by atoms with Gasteiger partial charge in [-0.25, -0.2) is 14.4 Å². The topological polar surface area (TPSA) is 38.2 Å². The fourth-order valence-electron chi connectivity index (χ4n) is 3.23. The molecular formula is C20H18FN3O. The number of hydrogen-bond donors (Lipinski definition) is 0. The molecule has 0 fully saturated rings. The van der Waals surface area contributed by atoms with Gasteiger partial charge in [0.15, 0.2) is 11.6 Å². The summed E-state index contributed by atoms with van der Waals surface area (Å²) in [5.41, 5.74) is 3.19. The summed E-state index contributed by atoms with van der Waals surface area (Å²) in [6, 6.07) is 13.5. The Morgan fingerprint density at radius 3 is 2.68 bits per heavy atom. The molecule has 126 valence electrons. The number of halogens is 1. The highest BCUT2D eigenvalue weighted by atomic mass is 19.1. The number of anilines is 1. The third-order valence-corrected chi connectivity index (χ3v) is 4.54. The van der Waals surface area contributed by atoms with E-state index in [1.165, 1.54) is 30.6 Å². The summed E-state index contributed by atoms with van der Waals surface area (Å²) >= 11 is 0. The van der Waals surface area contributed by atoms with Gasteiger partial charge in [-0.3, -0.25) is 0 Å². The Bertz CT molecular complexity index is 940. The van der Waals surface area contributed by atoms with Gasteiger partial charge in [-0.05, 0) is 23.6 Å². The van der Waals surface area contributed by atoms with Crippen molar-refractivity contribution in [2.24, 2.45) is 0 Å². The monoisotopic (exact) mass is 335 g/mol. The third kappa shape index (κ3) is 2.93. The molecule has 0 spiro atoms. The van der Waals surface area contributed by atoms with Crippen LogP contribution in [-0.2, 0) is 0 Å². The molecule has 1 aliphatic heterocycles. The summed E-state index contributed by atoms with van der Waals surface area (Å²) in [4.78, 5) is 10.8. The highest BCUT2D eigenvalue weighted by Crippen LogP contribution is 2.31. The van der Waals surface area contributed by atoms with Crippen LogP contribution in [0.1, 0.15) is 12.0 Å². The number of benzene rings is 2. The summed E-state index contributed by atoms with van der Waals surface area (Å²) in [7, 11) is 1.46. The minimum absolute atomic E-state index is 0.209. The van der Waals surface area contributed by atoms with E-state index in [1.54, 1.807) is 6.07 Å². The van der Waals surface area contributed by atoms with Gasteiger partial charge in [-0.2, -0.15) is 0 Å². The fraction of sp³-hybridized carbons (Fsp3) is 0.200. The van der Waals surface area contributed by atoms with Gasteiger partial charge in [-0.15, -0.1) is 0 Å². The first-order chi connectivity index (χ1) is 12.3. The molecule has 0 N–H and O–H groups in total. The molecule has 3 aromatic rings. The Morgan fingerprint density at radius 2 is 1.96 bits per heavy atom. The van der Waals surface area contributed by atoms with Crippen LogP contribution in [0.2, 0.25) is 0 Å². The fourth-order valence-corrected chi connectivity index (χ4v) is 3.23. The first-order valence-corrected chi connectivity index (χ1v) is 8.24. The molecule has 0 atom stereocenters. The molecule has 4 nitrogen and oxygen atoms in total. The molecule has 1 aromatic heterocycles. The predicted molar refractivity (Wildman–Crippen MR) is 97.3 cm³/mol. The lowest BCUT2D eigenvalue weighted by molar-refractivity contribution is 0.387. The van der Waals surface area contributed by atoms with Crippen LogP contribution in [0.4, 0.5) is 10.2 Å². The minimum Gasteiger partial charge on any atom is -0.494 e. The third-order valence-electron chi connectivity index (χ3n) is 4.54. The van der Waals surface area contributed by atoms with Crippen LogP contribution in [0.25, 0.3) is 16.5 Å². The highest BCUT2D eigenvalue weighted by molar-refractivity contribution is 5.91. The Hall–Kier alpha value is -2.95. The lowest BCUT2D eigenvalue weighted by atomic mass is 9.99. The van der Waals surface area contributed by atoms with Crippen LogP contribution < -0.4 is 9.64 Å². The van der Waals surface area contributed by atoms with Gasteiger partial charge >= 0.3 is 0 Å². The summed E-state index contributed by atoms with van der Waals surface area (Å²) in [6.07, 6.45) is 4.65. The maximum Gasteiger partial charge on any atom is 0.167 e. The average Bonchev–Trinajstić information content (AvgIpc) is 2.68. The van der Waals surface area contributed by atoms with Crippen LogP contribution in [0.5, 0.6) is 5.75 Å². The van der Waals surface area contributed by atoms with Gasteiger partial charge in [0.05, 0.1) is 12.6 Å². The number of methoxy groups -OCH3 is 1. The van der Waals surface area contributed by atoms with Gasteiger partial charge in [-0.1, -0.05) is 36.4 Å². The summed E-state index contributed by atoms with van der Waals surface area (Å²) in [6.45, 7) is 1.61. The summed E-state index contributed by atoms with van der Waals surface area (Å²) < 4.78 is 19.0. The van der Waals surface area contributed by atoms with E-state index < -0.39 is 5.82 Å². The molecule has 0 amide bonds. The van der Waals surface area contributed by atoms with Crippen LogP contribution in [-0.4, -0.2) is 30.2 Å². The van der Waals surface area contributed by atoms with Crippen LogP contribution in [0, 0.1) is 5.82 Å². The lowest BCUT2D eigenvalue weighted by Gasteiger charge is -2.28. The van der Waals surface area contributed by atoms with Crippen LogP contribution >= 0.6 is 0 Å². The molecule has 2 heterocycles. The van der Waals surface area contributed by atoms with Crippen LogP contribution in [0.15, 0.2) is 54.9 Å². The van der Waals surface area contributed by atoms with Crippen LogP contribution in [0.3, 0.4) is 0 Å². The molecule has 0 aliphatic carbocycles. The molecule has 0 saturated carbocycles. The molecule has 5 heteroatoms. The second kappa shape index (κ2) is 6.51. The Kier molecular flexibility index (Phi) is 4.06. The van der Waals surface area contributed by atoms with Gasteiger partial charge < -0.3 is 9.64 Å². The molecule has 0 radical (unpaired) electrons. The molecule has 1 aliphatic rings. The zero-order valence-electron chi connectivity index (χ0n) is 13.9. The van der Waals surface area contributed by atoms with E-state index in [1.807, 2.05) is 6.07 Å². The van der Waals surface area contributed by atoms with Crippen molar-refractivity contribution in [1.82, 2.24) is 9.97 Å². The molecule has 0 bridgehead atoms. The van der Waals surface area contributed by atoms with E-state index in [9.17, 15) is 4.39 Å². The van der Waals surface area contributed by atoms with E-state index in [0.29, 0.717) is 5.52 Å². The second-order valence-corrected chi connectivity index (χ2v) is 5.99. The van der Waals surface area contributed by atoms with Crippen molar-refractivity contribution in [3.8, 4) is 5.75 Å². The van der Waals surface area contributed by atoms with E-state index in [4.69, 9.17) is 4.74 Å².